The summed E-state index contributed by atoms with van der Waals surface area (Å²) in [7, 11) is 1.98. The minimum Gasteiger partial charge on any atom is -0.364 e. The summed E-state index contributed by atoms with van der Waals surface area (Å²) in [5, 5.41) is 3.74. The van der Waals surface area contributed by atoms with E-state index >= 15 is 0 Å². The molecular formula is C14H19N5O2. The van der Waals surface area contributed by atoms with Crippen molar-refractivity contribution in [3.63, 3.8) is 0 Å². The molecule has 21 heavy (non-hydrogen) atoms. The third kappa shape index (κ3) is 2.56. The Kier molecular flexibility index (Phi) is 3.74. The number of imidazole rings is 1. The van der Waals surface area contributed by atoms with Gasteiger partial charge >= 0.3 is 0 Å². The number of aromatic nitrogens is 3. The molecule has 1 amide bonds. The minimum absolute atomic E-state index is 0.0845. The van der Waals surface area contributed by atoms with Crippen LogP contribution < -0.4 is 0 Å². The van der Waals surface area contributed by atoms with Crippen molar-refractivity contribution in [2.75, 3.05) is 26.2 Å². The number of aryl methyl sites for hydroxylation is 1. The molecule has 1 aliphatic heterocycles. The number of rotatable bonds is 3. The average molecular weight is 289 g/mol. The number of carbonyl (C=O) groups excluding carboxylic acids is 1. The molecule has 1 atom stereocenters. The number of carbonyl (C=O) groups is 1. The Hall–Kier alpha value is -2.15. The fraction of sp³-hybridized carbons (Fsp3) is 0.500. The molecular weight excluding hydrogens is 270 g/mol. The molecule has 0 N–H and O–H groups in total. The molecule has 7 nitrogen and oxygen atoms in total. The van der Waals surface area contributed by atoms with Crippen molar-refractivity contribution in [3.05, 3.63) is 36.2 Å². The summed E-state index contributed by atoms with van der Waals surface area (Å²) < 4.78 is 6.77. The SMILES string of the molecule is CCN1CCN(C(=O)c2ccon2)C[C@@H]1c1nccn1C. The van der Waals surface area contributed by atoms with Crippen LogP contribution in [0.2, 0.25) is 0 Å². The van der Waals surface area contributed by atoms with Crippen LogP contribution in [-0.4, -0.2) is 56.6 Å². The Bertz CT molecular complexity index is 607. The Morgan fingerprint density at radius 1 is 1.48 bits per heavy atom. The lowest BCUT2D eigenvalue weighted by molar-refractivity contribution is 0.0464. The van der Waals surface area contributed by atoms with Gasteiger partial charge in [0.15, 0.2) is 5.69 Å². The topological polar surface area (TPSA) is 67.4 Å². The standard InChI is InChI=1S/C14H19N5O2/c1-3-18-7-8-19(14(20)11-4-9-21-16-11)10-12(18)13-15-5-6-17(13)2/h4-6,9,12H,3,7-8,10H2,1-2H3/t12-/m1/s1. The predicted molar refractivity (Wildman–Crippen MR) is 75.6 cm³/mol. The summed E-state index contributed by atoms with van der Waals surface area (Å²) in [6.45, 7) is 5.21. The Balaban J connectivity index is 1.81. The third-order valence-corrected chi connectivity index (χ3v) is 4.00. The smallest absolute Gasteiger partial charge is 0.276 e. The van der Waals surface area contributed by atoms with Crippen molar-refractivity contribution in [1.29, 1.82) is 0 Å². The van der Waals surface area contributed by atoms with E-state index in [0.29, 0.717) is 18.8 Å². The molecule has 1 fully saturated rings. The molecule has 112 valence electrons. The van der Waals surface area contributed by atoms with Crippen LogP contribution in [0.1, 0.15) is 29.3 Å². The van der Waals surface area contributed by atoms with E-state index in [-0.39, 0.29) is 11.9 Å². The van der Waals surface area contributed by atoms with Gasteiger partial charge in [0.1, 0.15) is 12.1 Å². The largest absolute Gasteiger partial charge is 0.364 e. The second kappa shape index (κ2) is 5.69. The van der Waals surface area contributed by atoms with Gasteiger partial charge in [-0.2, -0.15) is 0 Å². The molecule has 0 unspecified atom stereocenters. The number of hydrogen-bond acceptors (Lipinski definition) is 5. The first-order chi connectivity index (χ1) is 10.2. The van der Waals surface area contributed by atoms with Gasteiger partial charge in [0.25, 0.3) is 5.91 Å². The van der Waals surface area contributed by atoms with Crippen LogP contribution in [0.15, 0.2) is 29.2 Å². The fourth-order valence-electron chi connectivity index (χ4n) is 2.81. The van der Waals surface area contributed by atoms with Crippen LogP contribution in [0.3, 0.4) is 0 Å². The Morgan fingerprint density at radius 2 is 2.33 bits per heavy atom. The molecule has 0 spiro atoms. The highest BCUT2D eigenvalue weighted by molar-refractivity contribution is 5.92. The van der Waals surface area contributed by atoms with Crippen molar-refractivity contribution >= 4 is 5.91 Å². The Labute approximate surface area is 123 Å². The van der Waals surface area contributed by atoms with Gasteiger partial charge in [-0.05, 0) is 6.54 Å². The molecule has 0 radical (unpaired) electrons. The number of amides is 1. The zero-order valence-corrected chi connectivity index (χ0v) is 12.3. The second-order valence-corrected chi connectivity index (χ2v) is 5.18. The lowest BCUT2D eigenvalue weighted by atomic mass is 10.1. The van der Waals surface area contributed by atoms with E-state index in [0.717, 1.165) is 18.9 Å². The molecule has 0 aromatic carbocycles. The zero-order valence-electron chi connectivity index (χ0n) is 12.3. The van der Waals surface area contributed by atoms with Gasteiger partial charge < -0.3 is 14.0 Å². The molecule has 1 saturated heterocycles. The predicted octanol–water partition coefficient (Wildman–Crippen LogP) is 0.927. The van der Waals surface area contributed by atoms with E-state index in [1.165, 1.54) is 6.26 Å². The molecule has 3 heterocycles. The van der Waals surface area contributed by atoms with Crippen LogP contribution in [0, 0.1) is 0 Å². The summed E-state index contributed by atoms with van der Waals surface area (Å²) in [4.78, 5) is 21.0. The van der Waals surface area contributed by atoms with Crippen molar-refractivity contribution in [2.45, 2.75) is 13.0 Å². The number of likely N-dealkylation sites (N-methyl/N-ethyl adjacent to an activating group) is 1. The van der Waals surface area contributed by atoms with Gasteiger partial charge in [0.2, 0.25) is 0 Å². The van der Waals surface area contributed by atoms with E-state index in [9.17, 15) is 4.79 Å². The van der Waals surface area contributed by atoms with Gasteiger partial charge in [0, 0.05) is 45.1 Å². The lowest BCUT2D eigenvalue weighted by Gasteiger charge is -2.40. The van der Waals surface area contributed by atoms with Gasteiger partial charge in [-0.1, -0.05) is 12.1 Å². The van der Waals surface area contributed by atoms with Gasteiger partial charge in [-0.25, -0.2) is 4.98 Å². The molecule has 3 rings (SSSR count). The number of hydrogen-bond donors (Lipinski definition) is 0. The summed E-state index contributed by atoms with van der Waals surface area (Å²) in [6.07, 6.45) is 5.15. The third-order valence-electron chi connectivity index (χ3n) is 4.00. The van der Waals surface area contributed by atoms with Crippen LogP contribution in [-0.2, 0) is 7.05 Å². The van der Waals surface area contributed by atoms with Crippen molar-refractivity contribution in [2.24, 2.45) is 7.05 Å². The van der Waals surface area contributed by atoms with Crippen LogP contribution in [0.5, 0.6) is 0 Å². The maximum absolute atomic E-state index is 12.4. The van der Waals surface area contributed by atoms with E-state index in [1.807, 2.05) is 22.7 Å². The second-order valence-electron chi connectivity index (χ2n) is 5.18. The maximum Gasteiger partial charge on any atom is 0.276 e. The van der Waals surface area contributed by atoms with Crippen molar-refractivity contribution in [3.8, 4) is 0 Å². The first-order valence-electron chi connectivity index (χ1n) is 7.11. The molecule has 0 bridgehead atoms. The van der Waals surface area contributed by atoms with Crippen LogP contribution >= 0.6 is 0 Å². The lowest BCUT2D eigenvalue weighted by Crippen LogP contribution is -2.51. The van der Waals surface area contributed by atoms with Gasteiger partial charge in [-0.15, -0.1) is 0 Å². The molecule has 7 heteroatoms. The van der Waals surface area contributed by atoms with Gasteiger partial charge in [-0.3, -0.25) is 9.69 Å². The highest BCUT2D eigenvalue weighted by Crippen LogP contribution is 2.24. The first kappa shape index (κ1) is 13.8. The molecule has 0 saturated carbocycles. The van der Waals surface area contributed by atoms with Crippen LogP contribution in [0.4, 0.5) is 0 Å². The molecule has 2 aromatic rings. The fourth-order valence-corrected chi connectivity index (χ4v) is 2.81. The van der Waals surface area contributed by atoms with E-state index in [2.05, 4.69) is 22.0 Å². The van der Waals surface area contributed by atoms with E-state index in [4.69, 9.17) is 4.52 Å². The minimum atomic E-state index is -0.0845. The average Bonchev–Trinajstić information content (AvgIpc) is 3.17. The Morgan fingerprint density at radius 3 is 2.95 bits per heavy atom. The molecule has 0 aliphatic carbocycles. The summed E-state index contributed by atoms with van der Waals surface area (Å²) in [5.74, 6) is 0.896. The summed E-state index contributed by atoms with van der Waals surface area (Å²) >= 11 is 0. The van der Waals surface area contributed by atoms with E-state index < -0.39 is 0 Å². The normalized spacial score (nSPS) is 19.9. The van der Waals surface area contributed by atoms with Crippen LogP contribution in [0.25, 0.3) is 0 Å². The summed E-state index contributed by atoms with van der Waals surface area (Å²) in [6, 6.07) is 1.71. The van der Waals surface area contributed by atoms with Crippen molar-refractivity contribution < 1.29 is 9.32 Å². The zero-order chi connectivity index (χ0) is 14.8. The molecule has 1 aliphatic rings. The monoisotopic (exact) mass is 289 g/mol. The number of nitrogens with zero attached hydrogens (tertiary/aromatic N) is 5. The van der Waals surface area contributed by atoms with Gasteiger partial charge in [0.05, 0.1) is 6.04 Å². The van der Waals surface area contributed by atoms with E-state index in [1.54, 1.807) is 12.3 Å². The maximum atomic E-state index is 12.4. The quantitative estimate of drug-likeness (QED) is 0.841. The highest BCUT2D eigenvalue weighted by Gasteiger charge is 2.32. The van der Waals surface area contributed by atoms with Crippen molar-refractivity contribution in [1.82, 2.24) is 24.5 Å². The first-order valence-corrected chi connectivity index (χ1v) is 7.11. The number of piperazine rings is 1. The summed E-state index contributed by atoms with van der Waals surface area (Å²) in [5.41, 5.74) is 0.360. The molecule has 2 aromatic heterocycles. The highest BCUT2D eigenvalue weighted by atomic mass is 16.5.